The van der Waals surface area contributed by atoms with Crippen LogP contribution in [0.5, 0.6) is 0 Å². The van der Waals surface area contributed by atoms with Gasteiger partial charge < -0.3 is 9.80 Å². The molecule has 0 spiro atoms. The molecular formula is C14H20N2. The third-order valence-electron chi connectivity index (χ3n) is 3.21. The minimum atomic E-state index is 0.499. The number of hydrogen-bond acceptors (Lipinski definition) is 2. The van der Waals surface area contributed by atoms with Gasteiger partial charge >= 0.3 is 0 Å². The van der Waals surface area contributed by atoms with E-state index in [1.807, 2.05) is 0 Å². The van der Waals surface area contributed by atoms with Crippen molar-refractivity contribution in [3.63, 3.8) is 0 Å². The predicted octanol–water partition coefficient (Wildman–Crippen LogP) is 2.77. The lowest BCUT2D eigenvalue weighted by atomic mass is 9.90. The maximum absolute atomic E-state index is 2.30. The van der Waals surface area contributed by atoms with E-state index in [9.17, 15) is 0 Å². The first-order chi connectivity index (χ1) is 7.61. The van der Waals surface area contributed by atoms with E-state index in [2.05, 4.69) is 68.3 Å². The van der Waals surface area contributed by atoms with E-state index >= 15 is 0 Å². The first-order valence-electron chi connectivity index (χ1n) is 5.74. The van der Waals surface area contributed by atoms with Crippen LogP contribution in [0.1, 0.15) is 23.6 Å². The van der Waals surface area contributed by atoms with Crippen molar-refractivity contribution in [1.82, 2.24) is 4.90 Å². The van der Waals surface area contributed by atoms with Crippen LogP contribution >= 0.6 is 0 Å². The van der Waals surface area contributed by atoms with Gasteiger partial charge in [-0.15, -0.1) is 0 Å². The van der Waals surface area contributed by atoms with Crippen LogP contribution in [0.25, 0.3) is 6.08 Å². The van der Waals surface area contributed by atoms with Gasteiger partial charge in [-0.25, -0.2) is 0 Å². The lowest BCUT2D eigenvalue weighted by Crippen LogP contribution is -2.24. The van der Waals surface area contributed by atoms with Crippen molar-refractivity contribution in [2.45, 2.75) is 12.5 Å². The Labute approximate surface area is 98.2 Å². The zero-order valence-corrected chi connectivity index (χ0v) is 10.6. The number of anilines is 1. The molecule has 1 aromatic carbocycles. The molecule has 2 heteroatoms. The fraction of sp³-hybridized carbons (Fsp3) is 0.429. The standard InChI is InChI=1S/C14H20N2/c1-15(2)12-9-5-7-11-8-6-10-13(14(11)12)16(3)4/h5-9,13H,10H2,1-4H3. The average molecular weight is 216 g/mol. The van der Waals surface area contributed by atoms with Crippen LogP contribution in [-0.2, 0) is 0 Å². The summed E-state index contributed by atoms with van der Waals surface area (Å²) in [6.07, 6.45) is 5.61. The summed E-state index contributed by atoms with van der Waals surface area (Å²) in [6.45, 7) is 0. The molecule has 0 bridgehead atoms. The highest BCUT2D eigenvalue weighted by molar-refractivity contribution is 5.68. The molecule has 0 aromatic heterocycles. The van der Waals surface area contributed by atoms with Gasteiger partial charge in [0.1, 0.15) is 0 Å². The van der Waals surface area contributed by atoms with Crippen LogP contribution in [0.4, 0.5) is 5.69 Å². The number of rotatable bonds is 2. The quantitative estimate of drug-likeness (QED) is 0.750. The van der Waals surface area contributed by atoms with E-state index in [0.29, 0.717) is 6.04 Å². The van der Waals surface area contributed by atoms with E-state index in [4.69, 9.17) is 0 Å². The van der Waals surface area contributed by atoms with Gasteiger partial charge in [0.15, 0.2) is 0 Å². The van der Waals surface area contributed by atoms with Crippen molar-refractivity contribution in [1.29, 1.82) is 0 Å². The SMILES string of the molecule is CN(C)c1cccc2c1C(N(C)C)CC=C2. The van der Waals surface area contributed by atoms with Crippen molar-refractivity contribution in [2.24, 2.45) is 0 Å². The summed E-state index contributed by atoms with van der Waals surface area (Å²) in [5.41, 5.74) is 4.15. The van der Waals surface area contributed by atoms with E-state index in [1.165, 1.54) is 16.8 Å². The Kier molecular flexibility index (Phi) is 3.01. The Morgan fingerprint density at radius 2 is 1.88 bits per heavy atom. The highest BCUT2D eigenvalue weighted by Gasteiger charge is 2.22. The van der Waals surface area contributed by atoms with Gasteiger partial charge in [-0.05, 0) is 32.1 Å². The summed E-state index contributed by atoms with van der Waals surface area (Å²) in [7, 11) is 8.53. The van der Waals surface area contributed by atoms with Crippen molar-refractivity contribution >= 4 is 11.8 Å². The molecule has 1 aromatic rings. The molecule has 2 nitrogen and oxygen atoms in total. The first-order valence-corrected chi connectivity index (χ1v) is 5.74. The maximum atomic E-state index is 2.30. The minimum absolute atomic E-state index is 0.499. The van der Waals surface area contributed by atoms with Gasteiger partial charge in [0.2, 0.25) is 0 Å². The summed E-state index contributed by atoms with van der Waals surface area (Å²) >= 11 is 0. The molecule has 0 fully saturated rings. The lowest BCUT2D eigenvalue weighted by Gasteiger charge is -2.31. The van der Waals surface area contributed by atoms with Crippen LogP contribution in [0.3, 0.4) is 0 Å². The first kappa shape index (κ1) is 11.2. The molecule has 0 radical (unpaired) electrons. The molecule has 2 rings (SSSR count). The molecule has 0 amide bonds. The molecule has 1 aliphatic carbocycles. The van der Waals surface area contributed by atoms with E-state index in [1.54, 1.807) is 0 Å². The normalized spacial score (nSPS) is 18.7. The van der Waals surface area contributed by atoms with Gasteiger partial charge in [-0.2, -0.15) is 0 Å². The summed E-state index contributed by atoms with van der Waals surface area (Å²) in [5, 5.41) is 0. The Morgan fingerprint density at radius 3 is 2.50 bits per heavy atom. The van der Waals surface area contributed by atoms with E-state index in [0.717, 1.165) is 6.42 Å². The summed E-state index contributed by atoms with van der Waals surface area (Å²) in [5.74, 6) is 0. The lowest BCUT2D eigenvalue weighted by molar-refractivity contribution is 0.300. The zero-order valence-electron chi connectivity index (χ0n) is 10.6. The summed E-state index contributed by atoms with van der Waals surface area (Å²) in [6, 6.07) is 7.04. The van der Waals surface area contributed by atoms with Crippen LogP contribution in [-0.4, -0.2) is 33.1 Å². The van der Waals surface area contributed by atoms with Crippen LogP contribution in [0.15, 0.2) is 24.3 Å². The van der Waals surface area contributed by atoms with E-state index in [-0.39, 0.29) is 0 Å². The van der Waals surface area contributed by atoms with Crippen molar-refractivity contribution in [2.75, 3.05) is 33.1 Å². The van der Waals surface area contributed by atoms with Gasteiger partial charge in [0.05, 0.1) is 0 Å². The van der Waals surface area contributed by atoms with Gasteiger partial charge in [0.25, 0.3) is 0 Å². The second-order valence-electron chi connectivity index (χ2n) is 4.79. The second-order valence-corrected chi connectivity index (χ2v) is 4.79. The highest BCUT2D eigenvalue weighted by atomic mass is 15.1. The molecule has 86 valence electrons. The Balaban J connectivity index is 2.56. The number of nitrogens with zero attached hydrogens (tertiary/aromatic N) is 2. The number of fused-ring (bicyclic) bond motifs is 1. The number of hydrogen-bond donors (Lipinski definition) is 0. The molecule has 0 aliphatic heterocycles. The second kappa shape index (κ2) is 4.30. The molecule has 0 saturated carbocycles. The summed E-state index contributed by atoms with van der Waals surface area (Å²) in [4.78, 5) is 4.50. The molecule has 0 heterocycles. The fourth-order valence-corrected chi connectivity index (χ4v) is 2.38. The Bertz CT molecular complexity index is 405. The van der Waals surface area contributed by atoms with Crippen molar-refractivity contribution in [3.8, 4) is 0 Å². The third-order valence-corrected chi connectivity index (χ3v) is 3.21. The molecule has 0 saturated heterocycles. The van der Waals surface area contributed by atoms with Crippen LogP contribution in [0.2, 0.25) is 0 Å². The van der Waals surface area contributed by atoms with Crippen molar-refractivity contribution in [3.05, 3.63) is 35.4 Å². The third kappa shape index (κ3) is 1.85. The molecule has 16 heavy (non-hydrogen) atoms. The van der Waals surface area contributed by atoms with Crippen LogP contribution < -0.4 is 4.90 Å². The largest absolute Gasteiger partial charge is 0.377 e. The van der Waals surface area contributed by atoms with Crippen molar-refractivity contribution < 1.29 is 0 Å². The number of benzene rings is 1. The van der Waals surface area contributed by atoms with Gasteiger partial charge in [0, 0.05) is 31.4 Å². The Hall–Kier alpha value is -1.28. The molecular weight excluding hydrogens is 196 g/mol. The maximum Gasteiger partial charge on any atom is 0.0415 e. The van der Waals surface area contributed by atoms with Crippen LogP contribution in [0, 0.1) is 0 Å². The monoisotopic (exact) mass is 216 g/mol. The average Bonchev–Trinajstić information content (AvgIpc) is 2.27. The van der Waals surface area contributed by atoms with E-state index < -0.39 is 0 Å². The predicted molar refractivity (Wildman–Crippen MR) is 70.8 cm³/mol. The molecule has 0 N–H and O–H groups in total. The zero-order chi connectivity index (χ0) is 11.7. The molecule has 1 unspecified atom stereocenters. The smallest absolute Gasteiger partial charge is 0.0415 e. The Morgan fingerprint density at radius 1 is 1.12 bits per heavy atom. The highest BCUT2D eigenvalue weighted by Crippen LogP contribution is 2.37. The topological polar surface area (TPSA) is 6.48 Å². The van der Waals surface area contributed by atoms with Gasteiger partial charge in [-0.3, -0.25) is 0 Å². The fourth-order valence-electron chi connectivity index (χ4n) is 2.38. The minimum Gasteiger partial charge on any atom is -0.377 e. The summed E-state index contributed by atoms with van der Waals surface area (Å²) < 4.78 is 0. The van der Waals surface area contributed by atoms with Gasteiger partial charge in [-0.1, -0.05) is 24.3 Å². The molecule has 1 aliphatic rings. The molecule has 1 atom stereocenters.